The molecule has 2 rings (SSSR count). The number of unbranched alkanes of at least 4 members (excludes halogenated alkanes) is 2. The van der Waals surface area contributed by atoms with Gasteiger partial charge in [-0.3, -0.25) is 4.99 Å². The van der Waals surface area contributed by atoms with Gasteiger partial charge in [-0.05, 0) is 24.6 Å². The molecule has 2 aromatic rings. The van der Waals surface area contributed by atoms with E-state index in [1.165, 1.54) is 0 Å². The molecule has 0 saturated heterocycles. The lowest BCUT2D eigenvalue weighted by atomic mass is 10.2. The van der Waals surface area contributed by atoms with Gasteiger partial charge in [0.2, 0.25) is 5.96 Å². The molecular formula is C16H23N5O. The number of fused-ring (bicyclic) bond motifs is 1. The number of nitrogens with two attached hydrogens (primary N) is 1. The van der Waals surface area contributed by atoms with Crippen LogP contribution >= 0.6 is 0 Å². The first-order valence-electron chi connectivity index (χ1n) is 7.91. The Bertz CT molecular complexity index is 708. The van der Waals surface area contributed by atoms with Gasteiger partial charge in [-0.25, -0.2) is 5.43 Å². The summed E-state index contributed by atoms with van der Waals surface area (Å²) >= 11 is 0. The number of hydrogen-bond donors (Lipinski definition) is 3. The molecular weight excluding hydrogens is 278 g/mol. The summed E-state index contributed by atoms with van der Waals surface area (Å²) < 4.78 is 13.3. The molecule has 22 heavy (non-hydrogen) atoms. The highest BCUT2D eigenvalue weighted by molar-refractivity contribution is 5.99. The van der Waals surface area contributed by atoms with Crippen LogP contribution in [0.2, 0.25) is 0 Å². The monoisotopic (exact) mass is 302 g/mol. The fourth-order valence-corrected chi connectivity index (χ4v) is 2.06. The van der Waals surface area contributed by atoms with Gasteiger partial charge < -0.3 is 15.5 Å². The van der Waals surface area contributed by atoms with Gasteiger partial charge >= 0.3 is 0 Å². The van der Waals surface area contributed by atoms with E-state index < -0.39 is 0 Å². The number of H-pyrrole nitrogens is 1. The molecule has 6 heteroatoms. The van der Waals surface area contributed by atoms with Crippen LogP contribution in [0.25, 0.3) is 10.9 Å². The number of aliphatic imine (C=N–C) groups is 1. The number of guanidine groups is 1. The third kappa shape index (κ3) is 4.25. The van der Waals surface area contributed by atoms with E-state index in [4.69, 9.17) is 11.8 Å². The van der Waals surface area contributed by atoms with E-state index >= 15 is 0 Å². The summed E-state index contributed by atoms with van der Waals surface area (Å²) in [5.41, 5.74) is 9.95. The zero-order valence-electron chi connectivity index (χ0n) is 14.0. The number of nitrogens with one attached hydrogen (secondary N) is 2. The lowest BCUT2D eigenvalue weighted by Gasteiger charge is -2.00. The van der Waals surface area contributed by atoms with Crippen LogP contribution in [0, 0.1) is 0 Å². The largest absolute Gasteiger partial charge is 0.497 e. The van der Waals surface area contributed by atoms with Crippen LogP contribution in [0.15, 0.2) is 34.5 Å². The number of methoxy groups -OCH3 is 1. The summed E-state index contributed by atoms with van der Waals surface area (Å²) in [6.45, 7) is 2.80. The number of aromatic amines is 1. The first-order valence-corrected chi connectivity index (χ1v) is 7.41. The summed E-state index contributed by atoms with van der Waals surface area (Å²) in [5.74, 6) is 0.958. The molecule has 0 aliphatic carbocycles. The van der Waals surface area contributed by atoms with Crippen molar-refractivity contribution in [1.29, 1.82) is 0 Å². The van der Waals surface area contributed by atoms with E-state index in [9.17, 15) is 0 Å². The maximum Gasteiger partial charge on any atom is 0.209 e. The first kappa shape index (κ1) is 14.4. The van der Waals surface area contributed by atoms with Crippen molar-refractivity contribution in [2.45, 2.75) is 26.2 Å². The van der Waals surface area contributed by atoms with Gasteiger partial charge in [0.25, 0.3) is 0 Å². The Morgan fingerprint density at radius 3 is 3.14 bits per heavy atom. The summed E-state index contributed by atoms with van der Waals surface area (Å²) in [4.78, 5) is 7.28. The molecule has 4 N–H and O–H groups in total. The second-order valence-electron chi connectivity index (χ2n) is 4.92. The van der Waals surface area contributed by atoms with E-state index in [1.807, 2.05) is 18.2 Å². The maximum atomic E-state index is 8.09. The average molecular weight is 302 g/mol. The quantitative estimate of drug-likeness (QED) is 0.318. The number of aromatic nitrogens is 1. The summed E-state index contributed by atoms with van der Waals surface area (Å²) in [6.07, 6.45) is 5.09. The van der Waals surface area contributed by atoms with E-state index in [0.29, 0.717) is 12.1 Å². The van der Waals surface area contributed by atoms with Crippen molar-refractivity contribution >= 4 is 23.1 Å². The molecule has 0 saturated carbocycles. The summed E-state index contributed by atoms with van der Waals surface area (Å²) in [7, 11) is 1.61. The highest BCUT2D eigenvalue weighted by Crippen LogP contribution is 2.22. The minimum absolute atomic E-state index is 0.0798. The molecule has 1 heterocycles. The van der Waals surface area contributed by atoms with Crippen LogP contribution in [0.3, 0.4) is 0 Å². The smallest absolute Gasteiger partial charge is 0.209 e. The molecule has 0 unspecified atom stereocenters. The van der Waals surface area contributed by atoms with Gasteiger partial charge in [0.1, 0.15) is 5.75 Å². The Morgan fingerprint density at radius 1 is 1.50 bits per heavy atom. The highest BCUT2D eigenvalue weighted by atomic mass is 16.5. The minimum Gasteiger partial charge on any atom is -0.497 e. The van der Waals surface area contributed by atoms with Crippen molar-refractivity contribution in [3.63, 3.8) is 0 Å². The van der Waals surface area contributed by atoms with E-state index in [1.54, 1.807) is 13.3 Å². The van der Waals surface area contributed by atoms with Gasteiger partial charge in [0.05, 0.1) is 14.7 Å². The summed E-state index contributed by atoms with van der Waals surface area (Å²) in [6, 6.07) is 5.64. The SMILES string of the molecule is [2H]/C(=N\NC(N)=NCCCCC)c1c[nH]c2ccc(OC)cc12. The number of ether oxygens (including phenoxy) is 1. The number of hydrazone groups is 1. The molecule has 0 fully saturated rings. The van der Waals surface area contributed by atoms with E-state index in [-0.39, 0.29) is 12.2 Å². The molecule has 0 aliphatic heterocycles. The van der Waals surface area contributed by atoms with Crippen molar-refractivity contribution in [3.8, 4) is 5.75 Å². The minimum atomic E-state index is 0.0798. The topological polar surface area (TPSA) is 87.8 Å². The first-order chi connectivity index (χ1) is 11.2. The Balaban J connectivity index is 2.09. The predicted molar refractivity (Wildman–Crippen MR) is 91.6 cm³/mol. The van der Waals surface area contributed by atoms with Gasteiger partial charge in [0.15, 0.2) is 0 Å². The number of hydrogen-bond acceptors (Lipinski definition) is 3. The number of rotatable bonds is 7. The van der Waals surface area contributed by atoms with Gasteiger partial charge in [-0.2, -0.15) is 5.10 Å². The summed E-state index contributed by atoms with van der Waals surface area (Å²) in [5, 5.41) is 4.86. The lowest BCUT2D eigenvalue weighted by Crippen LogP contribution is -2.27. The zero-order chi connectivity index (χ0) is 16.7. The molecule has 0 bridgehead atoms. The van der Waals surface area contributed by atoms with E-state index in [2.05, 4.69) is 27.4 Å². The van der Waals surface area contributed by atoms with Crippen LogP contribution in [0.1, 0.15) is 33.1 Å². The predicted octanol–water partition coefficient (Wildman–Crippen LogP) is 2.60. The van der Waals surface area contributed by atoms with Crippen molar-refractivity contribution < 1.29 is 6.11 Å². The Kier molecular flexibility index (Phi) is 5.29. The van der Waals surface area contributed by atoms with Gasteiger partial charge in [0, 0.05) is 29.2 Å². The normalized spacial score (nSPS) is 13.3. The van der Waals surface area contributed by atoms with E-state index in [0.717, 1.165) is 35.9 Å². The Morgan fingerprint density at radius 2 is 2.36 bits per heavy atom. The third-order valence-electron chi connectivity index (χ3n) is 3.28. The molecule has 118 valence electrons. The van der Waals surface area contributed by atoms with Crippen LogP contribution in [-0.4, -0.2) is 30.8 Å². The zero-order valence-corrected chi connectivity index (χ0v) is 13.0. The fraction of sp³-hybridized carbons (Fsp3) is 0.375. The molecule has 6 nitrogen and oxygen atoms in total. The molecule has 0 atom stereocenters. The lowest BCUT2D eigenvalue weighted by molar-refractivity contribution is 0.415. The van der Waals surface area contributed by atoms with Crippen LogP contribution in [0.4, 0.5) is 0 Å². The maximum absolute atomic E-state index is 8.09. The van der Waals surface area contributed by atoms with Crippen molar-refractivity contribution in [3.05, 3.63) is 30.0 Å². The second kappa shape index (κ2) is 8.07. The third-order valence-corrected chi connectivity index (χ3v) is 3.28. The van der Waals surface area contributed by atoms with Gasteiger partial charge in [-0.15, -0.1) is 0 Å². The second-order valence-corrected chi connectivity index (χ2v) is 4.92. The van der Waals surface area contributed by atoms with Crippen molar-refractivity contribution in [1.82, 2.24) is 10.4 Å². The van der Waals surface area contributed by atoms with Gasteiger partial charge in [-0.1, -0.05) is 19.8 Å². The van der Waals surface area contributed by atoms with Crippen LogP contribution in [0.5, 0.6) is 5.75 Å². The van der Waals surface area contributed by atoms with Crippen LogP contribution in [-0.2, 0) is 0 Å². The molecule has 1 aromatic heterocycles. The van der Waals surface area contributed by atoms with Crippen molar-refractivity contribution in [2.75, 3.05) is 13.7 Å². The molecule has 0 aliphatic rings. The van der Waals surface area contributed by atoms with Crippen LogP contribution < -0.4 is 15.9 Å². The Labute approximate surface area is 131 Å². The molecule has 0 radical (unpaired) electrons. The number of benzene rings is 1. The van der Waals surface area contributed by atoms with Crippen molar-refractivity contribution in [2.24, 2.45) is 15.8 Å². The number of nitrogens with zero attached hydrogens (tertiary/aromatic N) is 2. The molecule has 1 aromatic carbocycles. The molecule has 0 spiro atoms. The average Bonchev–Trinajstić information content (AvgIpc) is 2.99. The standard InChI is InChI=1S/C16H23N5O/c1-3-4-5-8-18-16(17)21-20-11-12-10-19-15-7-6-13(22-2)9-14(12)15/h6-7,9-11,19H,3-5,8H2,1-2H3,(H3,17,18,21)/b20-11+/i11D. The fourth-order valence-electron chi connectivity index (χ4n) is 2.06. The Hall–Kier alpha value is -2.50. The highest BCUT2D eigenvalue weighted by Gasteiger charge is 2.03. The molecule has 0 amide bonds.